The van der Waals surface area contributed by atoms with Crippen molar-refractivity contribution >= 4 is 5.91 Å². The number of carbonyl (C=O) groups excluding carboxylic acids is 1. The van der Waals surface area contributed by atoms with Crippen LogP contribution < -0.4 is 5.32 Å². The summed E-state index contributed by atoms with van der Waals surface area (Å²) in [6, 6.07) is 10.7. The highest BCUT2D eigenvalue weighted by Gasteiger charge is 2.22. The molecule has 1 saturated heterocycles. The minimum Gasteiger partial charge on any atom is -0.381 e. The van der Waals surface area contributed by atoms with Gasteiger partial charge in [-0.05, 0) is 31.4 Å². The van der Waals surface area contributed by atoms with E-state index < -0.39 is 0 Å². The van der Waals surface area contributed by atoms with Crippen LogP contribution in [-0.2, 0) is 16.0 Å². The van der Waals surface area contributed by atoms with Crippen LogP contribution in [0.2, 0.25) is 0 Å². The van der Waals surface area contributed by atoms with E-state index in [4.69, 9.17) is 4.74 Å². The van der Waals surface area contributed by atoms with Crippen LogP contribution in [0.25, 0.3) is 0 Å². The highest BCUT2D eigenvalue weighted by atomic mass is 16.5. The topological polar surface area (TPSA) is 41.6 Å². The van der Waals surface area contributed by atoms with Gasteiger partial charge in [-0.3, -0.25) is 4.79 Å². The van der Waals surface area contributed by atoms with Gasteiger partial charge in [0.15, 0.2) is 0 Å². The van der Waals surface area contributed by atoms with Crippen LogP contribution >= 0.6 is 0 Å². The number of likely N-dealkylation sites (N-methyl/N-ethyl adjacent to an activating group) is 1. The molecule has 1 aromatic carbocycles. The van der Waals surface area contributed by atoms with E-state index in [1.54, 1.807) is 0 Å². The molecule has 1 aliphatic rings. The maximum Gasteiger partial charge on any atom is 0.222 e. The maximum absolute atomic E-state index is 12.0. The van der Waals surface area contributed by atoms with Crippen molar-refractivity contribution in [2.24, 2.45) is 0 Å². The number of amides is 1. The first-order chi connectivity index (χ1) is 10.3. The molecule has 0 spiro atoms. The third-order valence-electron chi connectivity index (χ3n) is 4.03. The van der Waals surface area contributed by atoms with E-state index in [1.165, 1.54) is 5.56 Å². The summed E-state index contributed by atoms with van der Waals surface area (Å²) >= 11 is 0. The Morgan fingerprint density at radius 2 is 2.14 bits per heavy atom. The van der Waals surface area contributed by atoms with Crippen molar-refractivity contribution < 1.29 is 9.53 Å². The lowest BCUT2D eigenvalue weighted by Crippen LogP contribution is -2.38. The molecule has 0 aliphatic carbocycles. The monoisotopic (exact) mass is 290 g/mol. The second-order valence-electron chi connectivity index (χ2n) is 5.60. The normalized spacial score (nSPS) is 17.9. The Hall–Kier alpha value is -1.39. The average molecular weight is 290 g/mol. The first kappa shape index (κ1) is 16.0. The standard InChI is InChI=1S/C17H26N2O2/c1-19(16-9-11-18-14-16)17(20)8-5-12-21-13-10-15-6-3-2-4-7-15/h2-4,6-7,16,18H,5,8-14H2,1H3. The van der Waals surface area contributed by atoms with E-state index in [2.05, 4.69) is 17.4 Å². The Bertz CT molecular complexity index is 416. The summed E-state index contributed by atoms with van der Waals surface area (Å²) in [5, 5.41) is 3.29. The Kier molecular flexibility index (Phi) is 6.70. The van der Waals surface area contributed by atoms with Gasteiger partial charge in [0.2, 0.25) is 5.91 Å². The average Bonchev–Trinajstić information content (AvgIpc) is 3.05. The van der Waals surface area contributed by atoms with Gasteiger partial charge in [0.25, 0.3) is 0 Å². The third-order valence-corrected chi connectivity index (χ3v) is 4.03. The summed E-state index contributed by atoms with van der Waals surface area (Å²) in [5.74, 6) is 0.232. The summed E-state index contributed by atoms with van der Waals surface area (Å²) in [4.78, 5) is 13.9. The summed E-state index contributed by atoms with van der Waals surface area (Å²) in [7, 11) is 1.91. The molecule has 0 radical (unpaired) electrons. The maximum atomic E-state index is 12.0. The van der Waals surface area contributed by atoms with E-state index in [0.29, 0.717) is 19.1 Å². The fourth-order valence-corrected chi connectivity index (χ4v) is 2.61. The van der Waals surface area contributed by atoms with Gasteiger partial charge in [0.05, 0.1) is 6.61 Å². The molecule has 2 rings (SSSR count). The summed E-state index contributed by atoms with van der Waals surface area (Å²) in [5.41, 5.74) is 1.29. The number of ether oxygens (including phenoxy) is 1. The van der Waals surface area contributed by atoms with Crippen LogP contribution in [0.4, 0.5) is 0 Å². The summed E-state index contributed by atoms with van der Waals surface area (Å²) in [6.45, 7) is 3.33. The van der Waals surface area contributed by atoms with Gasteiger partial charge in [-0.1, -0.05) is 30.3 Å². The van der Waals surface area contributed by atoms with Crippen LogP contribution in [0.15, 0.2) is 30.3 Å². The minimum atomic E-state index is 0.232. The Morgan fingerprint density at radius 3 is 2.86 bits per heavy atom. The highest BCUT2D eigenvalue weighted by Crippen LogP contribution is 2.08. The molecule has 0 bridgehead atoms. The Labute approximate surface area is 127 Å². The first-order valence-electron chi connectivity index (χ1n) is 7.85. The van der Waals surface area contributed by atoms with Crippen LogP contribution in [0.5, 0.6) is 0 Å². The van der Waals surface area contributed by atoms with Crippen molar-refractivity contribution in [1.82, 2.24) is 10.2 Å². The van der Waals surface area contributed by atoms with Gasteiger partial charge in [-0.25, -0.2) is 0 Å². The van der Waals surface area contributed by atoms with E-state index in [9.17, 15) is 4.79 Å². The van der Waals surface area contributed by atoms with Gasteiger partial charge >= 0.3 is 0 Å². The number of rotatable bonds is 8. The predicted octanol–water partition coefficient (Wildman–Crippen LogP) is 1.85. The van der Waals surface area contributed by atoms with Crippen molar-refractivity contribution in [2.75, 3.05) is 33.4 Å². The molecule has 1 N–H and O–H groups in total. The minimum absolute atomic E-state index is 0.232. The highest BCUT2D eigenvalue weighted by molar-refractivity contribution is 5.76. The molecule has 0 saturated carbocycles. The largest absolute Gasteiger partial charge is 0.381 e. The summed E-state index contributed by atoms with van der Waals surface area (Å²) in [6.07, 6.45) is 3.38. The van der Waals surface area contributed by atoms with Gasteiger partial charge in [-0.15, -0.1) is 0 Å². The fraction of sp³-hybridized carbons (Fsp3) is 0.588. The molecule has 1 amide bonds. The predicted molar refractivity (Wildman–Crippen MR) is 84.2 cm³/mol. The lowest BCUT2D eigenvalue weighted by molar-refractivity contribution is -0.132. The number of hydrogen-bond donors (Lipinski definition) is 1. The molecule has 1 aromatic rings. The second kappa shape index (κ2) is 8.80. The first-order valence-corrected chi connectivity index (χ1v) is 7.85. The zero-order valence-electron chi connectivity index (χ0n) is 12.9. The van der Waals surface area contributed by atoms with Gasteiger partial charge in [0, 0.05) is 32.7 Å². The van der Waals surface area contributed by atoms with Crippen LogP contribution in [0.1, 0.15) is 24.8 Å². The van der Waals surface area contributed by atoms with Crippen molar-refractivity contribution in [3.05, 3.63) is 35.9 Å². The molecular weight excluding hydrogens is 264 g/mol. The molecular formula is C17H26N2O2. The number of nitrogens with zero attached hydrogens (tertiary/aromatic N) is 1. The molecule has 1 unspecified atom stereocenters. The van der Waals surface area contributed by atoms with Crippen LogP contribution in [-0.4, -0.2) is 50.2 Å². The summed E-state index contributed by atoms with van der Waals surface area (Å²) < 4.78 is 5.61. The molecule has 1 fully saturated rings. The molecule has 21 heavy (non-hydrogen) atoms. The third kappa shape index (κ3) is 5.48. The smallest absolute Gasteiger partial charge is 0.222 e. The van der Waals surface area contributed by atoms with Gasteiger partial charge in [-0.2, -0.15) is 0 Å². The van der Waals surface area contributed by atoms with E-state index >= 15 is 0 Å². The lowest BCUT2D eigenvalue weighted by atomic mass is 10.2. The number of benzene rings is 1. The van der Waals surface area contributed by atoms with Gasteiger partial charge in [0.1, 0.15) is 0 Å². The number of nitrogens with one attached hydrogen (secondary N) is 1. The van der Waals surface area contributed by atoms with Crippen molar-refractivity contribution in [2.45, 2.75) is 31.7 Å². The quantitative estimate of drug-likeness (QED) is 0.743. The lowest BCUT2D eigenvalue weighted by Gasteiger charge is -2.23. The molecule has 4 heteroatoms. The van der Waals surface area contributed by atoms with E-state index in [-0.39, 0.29) is 5.91 Å². The molecule has 1 aliphatic heterocycles. The molecule has 116 valence electrons. The van der Waals surface area contributed by atoms with E-state index in [0.717, 1.165) is 39.0 Å². The molecule has 0 aromatic heterocycles. The zero-order valence-corrected chi connectivity index (χ0v) is 12.9. The van der Waals surface area contributed by atoms with Crippen molar-refractivity contribution in [3.63, 3.8) is 0 Å². The molecule has 4 nitrogen and oxygen atoms in total. The Morgan fingerprint density at radius 1 is 1.33 bits per heavy atom. The Balaban J connectivity index is 1.52. The molecule has 1 atom stereocenters. The van der Waals surface area contributed by atoms with Crippen LogP contribution in [0, 0.1) is 0 Å². The SMILES string of the molecule is CN(C(=O)CCCOCCc1ccccc1)C1CCNC1. The van der Waals surface area contributed by atoms with Crippen LogP contribution in [0.3, 0.4) is 0 Å². The number of hydrogen-bond acceptors (Lipinski definition) is 3. The van der Waals surface area contributed by atoms with Crippen molar-refractivity contribution in [3.8, 4) is 0 Å². The fourth-order valence-electron chi connectivity index (χ4n) is 2.61. The second-order valence-corrected chi connectivity index (χ2v) is 5.60. The zero-order chi connectivity index (χ0) is 14.9. The van der Waals surface area contributed by atoms with Crippen molar-refractivity contribution in [1.29, 1.82) is 0 Å². The molecule has 1 heterocycles. The van der Waals surface area contributed by atoms with E-state index in [1.807, 2.05) is 30.1 Å². The number of carbonyl (C=O) groups is 1. The van der Waals surface area contributed by atoms with Gasteiger partial charge < -0.3 is 15.0 Å².